The van der Waals surface area contributed by atoms with Crippen LogP contribution in [0.4, 0.5) is 34.3 Å². The Bertz CT molecular complexity index is 3110. The summed E-state index contributed by atoms with van der Waals surface area (Å²) in [7, 11) is 0. The van der Waals surface area contributed by atoms with Gasteiger partial charge in [-0.2, -0.15) is 0 Å². The third-order valence-electron chi connectivity index (χ3n) is 19.0. The Morgan fingerprint density at radius 1 is 0.559 bits per heavy atom. The molecule has 4 heterocycles. The molecule has 8 aliphatic rings. The van der Waals surface area contributed by atoms with Gasteiger partial charge in [-0.25, -0.2) is 4.98 Å². The van der Waals surface area contributed by atoms with Gasteiger partial charge in [0.25, 0.3) is 6.71 Å². The van der Waals surface area contributed by atoms with Gasteiger partial charge in [0.2, 0.25) is 0 Å². The van der Waals surface area contributed by atoms with Gasteiger partial charge >= 0.3 is 0 Å². The van der Waals surface area contributed by atoms with Crippen LogP contribution < -0.4 is 25.5 Å². The Hall–Kier alpha value is -4.35. The van der Waals surface area contributed by atoms with E-state index in [0.29, 0.717) is 0 Å². The smallest absolute Gasteiger partial charge is 0.266 e. The molecule has 0 radical (unpaired) electrons. The van der Waals surface area contributed by atoms with Gasteiger partial charge in [0.1, 0.15) is 5.82 Å². The number of thiophene rings is 1. The van der Waals surface area contributed by atoms with Crippen molar-refractivity contribution in [3.8, 4) is 0 Å². The van der Waals surface area contributed by atoms with E-state index in [-0.39, 0.29) is 44.6 Å². The van der Waals surface area contributed by atoms with Crippen molar-refractivity contribution in [1.82, 2.24) is 4.98 Å². The first-order valence-corrected chi connectivity index (χ1v) is 27.3. The second kappa shape index (κ2) is 13.5. The highest BCUT2D eigenvalue weighted by Crippen LogP contribution is 2.62. The summed E-state index contributed by atoms with van der Waals surface area (Å²) in [5.41, 5.74) is 20.1. The second-order valence-electron chi connectivity index (χ2n) is 28.2. The number of pyridine rings is 1. The Labute approximate surface area is 412 Å². The van der Waals surface area contributed by atoms with Crippen LogP contribution >= 0.6 is 11.3 Å². The summed E-state index contributed by atoms with van der Waals surface area (Å²) in [5.74, 6) is 3.63. The van der Waals surface area contributed by atoms with Gasteiger partial charge in [0.15, 0.2) is 0 Å². The van der Waals surface area contributed by atoms with Crippen LogP contribution in [0.5, 0.6) is 0 Å². The Balaban J connectivity index is 1.17. The Morgan fingerprint density at radius 2 is 1.10 bits per heavy atom. The number of hydrogen-bond donors (Lipinski definition) is 0. The Morgan fingerprint density at radius 3 is 1.71 bits per heavy atom. The Kier molecular flexibility index (Phi) is 8.69. The number of aromatic nitrogens is 1. The van der Waals surface area contributed by atoms with Gasteiger partial charge in [-0.15, -0.1) is 11.3 Å². The van der Waals surface area contributed by atoms with Crippen LogP contribution in [0.2, 0.25) is 0 Å². The largest absolute Gasteiger partial charge is 0.310 e. The van der Waals surface area contributed by atoms with Crippen molar-refractivity contribution in [2.24, 2.45) is 17.8 Å². The molecule has 68 heavy (non-hydrogen) atoms. The van der Waals surface area contributed by atoms with Crippen LogP contribution in [-0.2, 0) is 37.9 Å². The van der Waals surface area contributed by atoms with E-state index in [1.54, 1.807) is 0 Å². The van der Waals surface area contributed by atoms with Crippen LogP contribution in [0, 0.1) is 17.8 Å². The van der Waals surface area contributed by atoms with E-state index in [2.05, 4.69) is 186 Å². The van der Waals surface area contributed by atoms with Crippen molar-refractivity contribution in [3.05, 3.63) is 118 Å². The third kappa shape index (κ3) is 6.11. The first kappa shape index (κ1) is 43.7. The zero-order valence-corrected chi connectivity index (χ0v) is 44.5. The van der Waals surface area contributed by atoms with Crippen LogP contribution in [0.25, 0.3) is 10.1 Å². The lowest BCUT2D eigenvalue weighted by Crippen LogP contribution is -2.61. The number of nitrogens with zero attached hydrogens (tertiary/aromatic N) is 3. The summed E-state index contributed by atoms with van der Waals surface area (Å²) in [6.07, 6.45) is 10.4. The molecule has 0 unspecified atom stereocenters. The molecule has 4 saturated carbocycles. The maximum absolute atomic E-state index is 6.32. The van der Waals surface area contributed by atoms with Gasteiger partial charge in [0, 0.05) is 43.0 Å². The zero-order chi connectivity index (χ0) is 47.6. The van der Waals surface area contributed by atoms with Crippen molar-refractivity contribution in [2.75, 3.05) is 9.80 Å². The maximum Gasteiger partial charge on any atom is 0.266 e. The quantitative estimate of drug-likeness (QED) is 0.165. The molecule has 4 fully saturated rings. The number of benzene rings is 4. The summed E-state index contributed by atoms with van der Waals surface area (Å²) in [5, 5.41) is 1.38. The van der Waals surface area contributed by atoms with E-state index >= 15 is 0 Å². The molecule has 4 aromatic carbocycles. The minimum atomic E-state index is 0.0219. The predicted octanol–water partition coefficient (Wildman–Crippen LogP) is 15.4. The SMILES string of the molecule is CC(C)(C)c1ccc(N2c3cc(C45CC6CC(CC(C6)C4)C5)nc4c3B(c3cc5c(cc3N4c3ccc4c(c3)C(C)(C)CC4(C)C)C(C)(C)CC5(C)C)c3sc4ccc(C(C)(C)C)cc4c32)cc1. The molecule has 14 rings (SSSR count). The standard InChI is InChI=1S/C63H74BN3S/c1-57(2,3)39-15-18-41(19-16-39)66-50-30-52(63-31-36-23-37(32-63)25-38(24-36)33-63)65-56-53(50)64(55-54(66)43-26-40(58(4,5)6)17-22-51(43)68-55)48-28-46-47(62(13,14)35-61(46,11)12)29-49(48)67(56)42-20-21-44-45(27-42)60(9,10)34-59(44,7)8/h15-22,26-30,36-38H,23-25,31-35H2,1-14H3. The van der Waals surface area contributed by atoms with Gasteiger partial charge in [-0.05, 0) is 194 Å². The topological polar surface area (TPSA) is 19.4 Å². The van der Waals surface area contributed by atoms with Gasteiger partial charge in [-0.3, -0.25) is 4.90 Å². The first-order chi connectivity index (χ1) is 31.8. The lowest BCUT2D eigenvalue weighted by molar-refractivity contribution is -0.00711. The van der Waals surface area contributed by atoms with Crippen molar-refractivity contribution in [3.63, 3.8) is 0 Å². The van der Waals surface area contributed by atoms with Crippen LogP contribution in [0.1, 0.15) is 187 Å². The average Bonchev–Trinajstić information content (AvgIpc) is 3.77. The average molecular weight is 916 g/mol. The van der Waals surface area contributed by atoms with E-state index in [4.69, 9.17) is 4.98 Å². The van der Waals surface area contributed by atoms with Crippen molar-refractivity contribution < 1.29 is 0 Å². The van der Waals surface area contributed by atoms with Crippen molar-refractivity contribution in [2.45, 2.75) is 186 Å². The first-order valence-electron chi connectivity index (χ1n) is 26.5. The molecule has 0 atom stereocenters. The van der Waals surface area contributed by atoms with Crippen LogP contribution in [0.3, 0.4) is 0 Å². The fourth-order valence-electron chi connectivity index (χ4n) is 16.7. The summed E-state index contributed by atoms with van der Waals surface area (Å²) in [4.78, 5) is 11.8. The van der Waals surface area contributed by atoms with E-state index in [1.165, 1.54) is 138 Å². The van der Waals surface area contributed by atoms with Crippen LogP contribution in [-0.4, -0.2) is 11.7 Å². The molecule has 0 spiro atoms. The van der Waals surface area contributed by atoms with Crippen LogP contribution in [0.15, 0.2) is 78.9 Å². The molecule has 5 heteroatoms. The highest BCUT2D eigenvalue weighted by atomic mass is 32.1. The molecule has 6 aliphatic carbocycles. The maximum atomic E-state index is 6.32. The molecule has 0 N–H and O–H groups in total. The van der Waals surface area contributed by atoms with E-state index < -0.39 is 0 Å². The summed E-state index contributed by atoms with van der Waals surface area (Å²) >= 11 is 2.04. The number of rotatable bonds is 3. The molecule has 2 aliphatic heterocycles. The summed E-state index contributed by atoms with van der Waals surface area (Å²) in [6, 6.07) is 32.7. The molecular formula is C63H74BN3S. The minimum Gasteiger partial charge on any atom is -0.310 e. The monoisotopic (exact) mass is 916 g/mol. The van der Waals surface area contributed by atoms with E-state index in [1.807, 2.05) is 11.3 Å². The summed E-state index contributed by atoms with van der Waals surface area (Å²) < 4.78 is 2.83. The fraction of sp³-hybridized carbons (Fsp3) is 0.508. The molecule has 4 bridgehead atoms. The molecular weight excluding hydrogens is 842 g/mol. The minimum absolute atomic E-state index is 0.0219. The highest BCUT2D eigenvalue weighted by Gasteiger charge is 2.55. The molecule has 0 amide bonds. The zero-order valence-electron chi connectivity index (χ0n) is 43.7. The predicted molar refractivity (Wildman–Crippen MR) is 292 cm³/mol. The third-order valence-corrected chi connectivity index (χ3v) is 20.3. The highest BCUT2D eigenvalue weighted by molar-refractivity contribution is 7.33. The van der Waals surface area contributed by atoms with E-state index in [9.17, 15) is 0 Å². The number of anilines is 6. The second-order valence-corrected chi connectivity index (χ2v) is 29.3. The van der Waals surface area contributed by atoms with Gasteiger partial charge in [0.05, 0.1) is 11.4 Å². The van der Waals surface area contributed by atoms with Gasteiger partial charge < -0.3 is 4.90 Å². The van der Waals surface area contributed by atoms with Crippen molar-refractivity contribution in [1.29, 1.82) is 0 Å². The van der Waals surface area contributed by atoms with E-state index in [0.717, 1.165) is 30.6 Å². The molecule has 0 saturated heterocycles. The fourth-order valence-corrected chi connectivity index (χ4v) is 18.0. The lowest BCUT2D eigenvalue weighted by atomic mass is 9.36. The molecule has 6 aromatic rings. The normalized spacial score (nSPS) is 26.2. The molecule has 3 nitrogen and oxygen atoms in total. The summed E-state index contributed by atoms with van der Waals surface area (Å²) in [6.45, 7) is 34.1. The van der Waals surface area contributed by atoms with Crippen molar-refractivity contribution >= 4 is 78.1 Å². The molecule has 2 aromatic heterocycles. The molecule has 350 valence electrons. The number of fused-ring (bicyclic) bond motifs is 8. The van der Waals surface area contributed by atoms with Gasteiger partial charge in [-0.1, -0.05) is 127 Å². The number of hydrogen-bond acceptors (Lipinski definition) is 4. The lowest BCUT2D eigenvalue weighted by Gasteiger charge is -2.57.